The van der Waals surface area contributed by atoms with E-state index in [4.69, 9.17) is 9.97 Å². The highest BCUT2D eigenvalue weighted by atomic mass is 15.0. The minimum atomic E-state index is 0.680. The lowest BCUT2D eigenvalue weighted by atomic mass is 9.94. The molecule has 0 atom stereocenters. The first-order valence-corrected chi connectivity index (χ1v) is 20.7. The summed E-state index contributed by atoms with van der Waals surface area (Å²) in [5.74, 6) is 0.680. The fourth-order valence-electron chi connectivity index (χ4n) is 8.58. The molecule has 0 fully saturated rings. The van der Waals surface area contributed by atoms with Crippen molar-refractivity contribution in [2.45, 2.75) is 0 Å². The molecule has 3 nitrogen and oxygen atoms in total. The highest BCUT2D eigenvalue weighted by Crippen LogP contribution is 2.41. The molecule has 0 aliphatic heterocycles. The predicted octanol–water partition coefficient (Wildman–Crippen LogP) is 15.2. The molecule has 0 radical (unpaired) electrons. The summed E-state index contributed by atoms with van der Waals surface area (Å²) in [5, 5.41) is 1.08. The summed E-state index contributed by atoms with van der Waals surface area (Å²) in [5.41, 5.74) is 18.5. The van der Waals surface area contributed by atoms with Crippen LogP contribution in [-0.4, -0.2) is 14.5 Å². The van der Waals surface area contributed by atoms with E-state index in [1.165, 1.54) is 22.3 Å². The Morgan fingerprint density at radius 3 is 1.26 bits per heavy atom. The van der Waals surface area contributed by atoms with E-state index in [9.17, 15) is 0 Å². The first-order chi connectivity index (χ1) is 30.2. The summed E-state index contributed by atoms with van der Waals surface area (Å²) >= 11 is 0. The maximum absolute atomic E-state index is 5.59. The Balaban J connectivity index is 1.10. The average Bonchev–Trinajstić information content (AvgIpc) is 3.69. The van der Waals surface area contributed by atoms with Gasteiger partial charge in [-0.1, -0.05) is 188 Å². The van der Waals surface area contributed by atoms with Crippen LogP contribution in [0.1, 0.15) is 0 Å². The van der Waals surface area contributed by atoms with Gasteiger partial charge in [0.15, 0.2) is 5.82 Å². The van der Waals surface area contributed by atoms with Gasteiger partial charge in [0.05, 0.1) is 16.7 Å². The van der Waals surface area contributed by atoms with Gasteiger partial charge in [-0.05, 0) is 104 Å². The van der Waals surface area contributed by atoms with Crippen LogP contribution in [0.15, 0.2) is 237 Å². The smallest absolute Gasteiger partial charge is 0.160 e. The summed E-state index contributed by atoms with van der Waals surface area (Å²) in [6.07, 6.45) is 0. The fraction of sp³-hybridized carbons (Fsp3) is 0. The second-order valence-electron chi connectivity index (χ2n) is 15.4. The van der Waals surface area contributed by atoms with Crippen molar-refractivity contribution in [3.05, 3.63) is 237 Å². The van der Waals surface area contributed by atoms with Gasteiger partial charge in [-0.3, -0.25) is 0 Å². The quantitative estimate of drug-likeness (QED) is 0.154. The van der Waals surface area contributed by atoms with Gasteiger partial charge in [-0.15, -0.1) is 0 Å². The molecule has 0 amide bonds. The molecule has 0 spiro atoms. The van der Waals surface area contributed by atoms with Crippen LogP contribution >= 0.6 is 0 Å². The molecule has 286 valence electrons. The van der Waals surface area contributed by atoms with Gasteiger partial charge in [0.2, 0.25) is 0 Å². The molecule has 0 aliphatic carbocycles. The van der Waals surface area contributed by atoms with E-state index >= 15 is 0 Å². The lowest BCUT2D eigenvalue weighted by Crippen LogP contribution is -2.00. The van der Waals surface area contributed by atoms with Gasteiger partial charge in [0, 0.05) is 22.2 Å². The molecule has 0 N–H and O–H groups in total. The van der Waals surface area contributed by atoms with Crippen LogP contribution in [0.4, 0.5) is 0 Å². The van der Waals surface area contributed by atoms with Gasteiger partial charge in [-0.25, -0.2) is 9.97 Å². The van der Waals surface area contributed by atoms with E-state index < -0.39 is 0 Å². The van der Waals surface area contributed by atoms with Crippen molar-refractivity contribution in [3.63, 3.8) is 0 Å². The Kier molecular flexibility index (Phi) is 9.18. The SMILES string of the molecule is c1ccc(-c2ccc(-c3cccc(-c4cccc(-c5nc(-c6cc(-c7ccccc7)cc(-c7ccccc7)c6)c6c(n5)c5ccccc5n6-c5ccccc5)c4)c3)cc2)cc1. The number of fused-ring (bicyclic) bond motifs is 3. The average molecular weight is 778 g/mol. The summed E-state index contributed by atoms with van der Waals surface area (Å²) in [7, 11) is 0. The molecule has 11 rings (SSSR count). The zero-order valence-electron chi connectivity index (χ0n) is 33.4. The standard InChI is InChI=1S/C58H39N3/c1-5-17-40(18-6-1)43-31-33-44(34-32-43)45-23-15-24-46(35-45)47-25-16-26-48(36-47)58-59-55(57-56(60-58)53-29-13-14-30-54(53)61(57)52-27-11-4-12-28-52)51-38-49(41-19-7-2-8-20-41)37-50(39-51)42-21-9-3-10-22-42/h1-39H. The third kappa shape index (κ3) is 6.88. The molecule has 0 bridgehead atoms. The monoisotopic (exact) mass is 777 g/mol. The summed E-state index contributed by atoms with van der Waals surface area (Å²) in [6.45, 7) is 0. The fourth-order valence-corrected chi connectivity index (χ4v) is 8.58. The van der Waals surface area contributed by atoms with Gasteiger partial charge < -0.3 is 4.57 Å². The molecule has 0 aliphatic rings. The Labute approximate surface area is 355 Å². The molecule has 0 unspecified atom stereocenters. The number of hydrogen-bond donors (Lipinski definition) is 0. The third-order valence-corrected chi connectivity index (χ3v) is 11.6. The van der Waals surface area contributed by atoms with Crippen molar-refractivity contribution in [2.75, 3.05) is 0 Å². The molecule has 2 heterocycles. The number of aromatic nitrogens is 3. The first kappa shape index (κ1) is 36.0. The second-order valence-corrected chi connectivity index (χ2v) is 15.4. The van der Waals surface area contributed by atoms with E-state index in [0.717, 1.165) is 77.8 Å². The van der Waals surface area contributed by atoms with Crippen LogP contribution < -0.4 is 0 Å². The molecule has 0 saturated carbocycles. The van der Waals surface area contributed by atoms with Crippen LogP contribution in [0.2, 0.25) is 0 Å². The van der Waals surface area contributed by atoms with E-state index in [2.05, 4.69) is 241 Å². The summed E-state index contributed by atoms with van der Waals surface area (Å²) < 4.78 is 2.33. The molecule has 61 heavy (non-hydrogen) atoms. The van der Waals surface area contributed by atoms with Crippen molar-refractivity contribution in [1.29, 1.82) is 0 Å². The maximum atomic E-state index is 5.59. The molecule has 2 aromatic heterocycles. The van der Waals surface area contributed by atoms with E-state index in [1.807, 2.05) is 0 Å². The van der Waals surface area contributed by atoms with Crippen molar-refractivity contribution in [2.24, 2.45) is 0 Å². The summed E-state index contributed by atoms with van der Waals surface area (Å²) in [6, 6.07) is 84.1. The van der Waals surface area contributed by atoms with Crippen molar-refractivity contribution in [3.8, 4) is 84.0 Å². The van der Waals surface area contributed by atoms with E-state index in [-0.39, 0.29) is 0 Å². The zero-order chi connectivity index (χ0) is 40.5. The Morgan fingerprint density at radius 2 is 0.672 bits per heavy atom. The highest BCUT2D eigenvalue weighted by Gasteiger charge is 2.22. The molecule has 0 saturated heterocycles. The largest absolute Gasteiger partial charge is 0.306 e. The third-order valence-electron chi connectivity index (χ3n) is 11.6. The number of benzene rings is 9. The zero-order valence-corrected chi connectivity index (χ0v) is 33.4. The highest BCUT2D eigenvalue weighted by molar-refractivity contribution is 6.12. The molecule has 11 aromatic rings. The Morgan fingerprint density at radius 1 is 0.279 bits per heavy atom. The molecular formula is C58H39N3. The van der Waals surface area contributed by atoms with Crippen molar-refractivity contribution < 1.29 is 0 Å². The van der Waals surface area contributed by atoms with Gasteiger partial charge in [-0.2, -0.15) is 0 Å². The Bertz CT molecular complexity index is 3260. The van der Waals surface area contributed by atoms with Crippen molar-refractivity contribution in [1.82, 2.24) is 14.5 Å². The van der Waals surface area contributed by atoms with Crippen LogP contribution in [0.25, 0.3) is 106 Å². The van der Waals surface area contributed by atoms with Crippen molar-refractivity contribution >= 4 is 21.9 Å². The lowest BCUT2D eigenvalue weighted by molar-refractivity contribution is 1.15. The number of nitrogens with zero attached hydrogens (tertiary/aromatic N) is 3. The number of para-hydroxylation sites is 2. The van der Waals surface area contributed by atoms with Crippen LogP contribution in [0.3, 0.4) is 0 Å². The minimum absolute atomic E-state index is 0.680. The van der Waals surface area contributed by atoms with E-state index in [1.54, 1.807) is 0 Å². The number of hydrogen-bond acceptors (Lipinski definition) is 2. The van der Waals surface area contributed by atoms with Gasteiger partial charge in [0.25, 0.3) is 0 Å². The lowest BCUT2D eigenvalue weighted by Gasteiger charge is -2.15. The summed E-state index contributed by atoms with van der Waals surface area (Å²) in [4.78, 5) is 11.1. The second kappa shape index (κ2) is 15.6. The Hall–Kier alpha value is -8.14. The predicted molar refractivity (Wildman–Crippen MR) is 254 cm³/mol. The molecular weight excluding hydrogens is 739 g/mol. The number of rotatable bonds is 8. The van der Waals surface area contributed by atoms with Gasteiger partial charge in [0.1, 0.15) is 5.52 Å². The molecule has 3 heteroatoms. The maximum Gasteiger partial charge on any atom is 0.160 e. The topological polar surface area (TPSA) is 30.7 Å². The normalized spacial score (nSPS) is 11.3. The first-order valence-electron chi connectivity index (χ1n) is 20.7. The van der Waals surface area contributed by atoms with Gasteiger partial charge >= 0.3 is 0 Å². The molecule has 9 aromatic carbocycles. The minimum Gasteiger partial charge on any atom is -0.306 e. The van der Waals surface area contributed by atoms with Crippen LogP contribution in [0.5, 0.6) is 0 Å². The van der Waals surface area contributed by atoms with E-state index in [0.29, 0.717) is 5.82 Å². The van der Waals surface area contributed by atoms with Crippen LogP contribution in [-0.2, 0) is 0 Å². The van der Waals surface area contributed by atoms with Crippen LogP contribution in [0, 0.1) is 0 Å².